The Kier molecular flexibility index (Phi) is 2.94. The third-order valence-corrected chi connectivity index (χ3v) is 2.85. The molecule has 0 aliphatic carbocycles. The van der Waals surface area contributed by atoms with Gasteiger partial charge in [-0.2, -0.15) is 0 Å². The van der Waals surface area contributed by atoms with E-state index in [9.17, 15) is 0 Å². The molecule has 1 aromatic heterocycles. The van der Waals surface area contributed by atoms with E-state index < -0.39 is 0 Å². The van der Waals surface area contributed by atoms with E-state index in [0.717, 1.165) is 32.1 Å². The molecule has 0 bridgehead atoms. The van der Waals surface area contributed by atoms with Crippen LogP contribution in [-0.4, -0.2) is 26.2 Å². The van der Waals surface area contributed by atoms with Gasteiger partial charge in [-0.05, 0) is 23.1 Å². The first-order chi connectivity index (χ1) is 7.07. The van der Waals surface area contributed by atoms with Gasteiger partial charge in [-0.25, -0.2) is 0 Å². The van der Waals surface area contributed by atoms with E-state index in [1.807, 2.05) is 6.07 Å². The van der Waals surface area contributed by atoms with Crippen molar-refractivity contribution in [2.75, 3.05) is 31.1 Å². The molecule has 0 amide bonds. The number of nitrogens with zero attached hydrogens (tertiary/aromatic N) is 1. The fourth-order valence-electron chi connectivity index (χ4n) is 1.96. The van der Waals surface area contributed by atoms with Crippen molar-refractivity contribution in [3.8, 4) is 0 Å². The summed E-state index contributed by atoms with van der Waals surface area (Å²) in [5.41, 5.74) is 0.260. The number of halogens is 1. The van der Waals surface area contributed by atoms with Gasteiger partial charge in [0, 0.05) is 32.2 Å². The van der Waals surface area contributed by atoms with Gasteiger partial charge < -0.3 is 14.6 Å². The number of anilines is 1. The standard InChI is InChI=1S/C11H17ClN2O/c1-11(2)7-13-5-6-14(8-11)10-4-3-9(12)15-10/h3-4,13H,5-8H2,1-2H3. The first-order valence-electron chi connectivity index (χ1n) is 5.28. The average Bonchev–Trinajstić information content (AvgIpc) is 2.49. The van der Waals surface area contributed by atoms with Crippen LogP contribution in [0.1, 0.15) is 13.8 Å². The molecular formula is C11H17ClN2O. The minimum Gasteiger partial charge on any atom is -0.429 e. The Bertz CT molecular complexity index is 335. The molecule has 0 unspecified atom stereocenters. The normalized spacial score (nSPS) is 21.4. The average molecular weight is 229 g/mol. The SMILES string of the molecule is CC1(C)CNCCN(c2ccc(Cl)o2)C1. The summed E-state index contributed by atoms with van der Waals surface area (Å²) in [6.45, 7) is 8.49. The zero-order valence-corrected chi connectivity index (χ0v) is 9.97. The van der Waals surface area contributed by atoms with Gasteiger partial charge in [0.2, 0.25) is 0 Å². The largest absolute Gasteiger partial charge is 0.429 e. The van der Waals surface area contributed by atoms with Crippen LogP contribution in [0.2, 0.25) is 5.22 Å². The quantitative estimate of drug-likeness (QED) is 0.800. The summed E-state index contributed by atoms with van der Waals surface area (Å²) in [4.78, 5) is 2.24. The van der Waals surface area contributed by atoms with Crippen LogP contribution in [-0.2, 0) is 0 Å². The monoisotopic (exact) mass is 228 g/mol. The van der Waals surface area contributed by atoms with E-state index in [-0.39, 0.29) is 5.41 Å². The Hall–Kier alpha value is -0.670. The van der Waals surface area contributed by atoms with E-state index in [1.165, 1.54) is 0 Å². The lowest BCUT2D eigenvalue weighted by atomic mass is 9.93. The van der Waals surface area contributed by atoms with Crippen molar-refractivity contribution in [2.45, 2.75) is 13.8 Å². The van der Waals surface area contributed by atoms with Crippen molar-refractivity contribution in [3.05, 3.63) is 17.4 Å². The minimum absolute atomic E-state index is 0.260. The van der Waals surface area contributed by atoms with Gasteiger partial charge in [0.1, 0.15) is 0 Å². The predicted octanol–water partition coefficient (Wildman–Crippen LogP) is 2.37. The van der Waals surface area contributed by atoms with Gasteiger partial charge in [0.15, 0.2) is 11.1 Å². The second kappa shape index (κ2) is 4.06. The highest BCUT2D eigenvalue weighted by Crippen LogP contribution is 2.26. The molecule has 3 nitrogen and oxygen atoms in total. The van der Waals surface area contributed by atoms with Gasteiger partial charge in [-0.1, -0.05) is 13.8 Å². The summed E-state index contributed by atoms with van der Waals surface area (Å²) in [7, 11) is 0. The molecular weight excluding hydrogens is 212 g/mol. The molecule has 15 heavy (non-hydrogen) atoms. The van der Waals surface area contributed by atoms with Crippen molar-refractivity contribution in [1.82, 2.24) is 5.32 Å². The number of hydrogen-bond donors (Lipinski definition) is 1. The van der Waals surface area contributed by atoms with E-state index >= 15 is 0 Å². The Balaban J connectivity index is 2.14. The molecule has 1 saturated heterocycles. The summed E-state index contributed by atoms with van der Waals surface area (Å²) >= 11 is 5.78. The molecule has 0 saturated carbocycles. The summed E-state index contributed by atoms with van der Waals surface area (Å²) in [5, 5.41) is 3.89. The maximum absolute atomic E-state index is 5.78. The highest BCUT2D eigenvalue weighted by Gasteiger charge is 2.25. The predicted molar refractivity (Wildman–Crippen MR) is 62.6 cm³/mol. The number of nitrogens with one attached hydrogen (secondary N) is 1. The lowest BCUT2D eigenvalue weighted by Crippen LogP contribution is -2.34. The molecule has 0 radical (unpaired) electrons. The third kappa shape index (κ3) is 2.67. The zero-order valence-electron chi connectivity index (χ0n) is 9.22. The second-order valence-electron chi connectivity index (χ2n) is 4.84. The van der Waals surface area contributed by atoms with Crippen LogP contribution >= 0.6 is 11.6 Å². The molecule has 1 N–H and O–H groups in total. The lowest BCUT2D eigenvalue weighted by molar-refractivity contribution is 0.364. The molecule has 1 aliphatic heterocycles. The van der Waals surface area contributed by atoms with Crippen LogP contribution < -0.4 is 10.2 Å². The van der Waals surface area contributed by atoms with Crippen LogP contribution in [0.5, 0.6) is 0 Å². The van der Waals surface area contributed by atoms with Crippen LogP contribution in [0.25, 0.3) is 0 Å². The summed E-state index contributed by atoms with van der Waals surface area (Å²) < 4.78 is 5.44. The van der Waals surface area contributed by atoms with E-state index in [2.05, 4.69) is 24.1 Å². The number of hydrogen-bond acceptors (Lipinski definition) is 3. The van der Waals surface area contributed by atoms with Gasteiger partial charge >= 0.3 is 0 Å². The molecule has 84 valence electrons. The van der Waals surface area contributed by atoms with Crippen molar-refractivity contribution >= 4 is 17.5 Å². The lowest BCUT2D eigenvalue weighted by Gasteiger charge is -2.28. The van der Waals surface area contributed by atoms with Crippen molar-refractivity contribution in [2.24, 2.45) is 5.41 Å². The Morgan fingerprint density at radius 2 is 2.27 bits per heavy atom. The Morgan fingerprint density at radius 1 is 1.47 bits per heavy atom. The first kappa shape index (κ1) is 10.8. The molecule has 0 aromatic carbocycles. The fraction of sp³-hybridized carbons (Fsp3) is 0.636. The maximum atomic E-state index is 5.78. The molecule has 0 spiro atoms. The fourth-order valence-corrected chi connectivity index (χ4v) is 2.10. The van der Waals surface area contributed by atoms with Gasteiger partial charge in [-0.3, -0.25) is 0 Å². The molecule has 1 aromatic rings. The van der Waals surface area contributed by atoms with Gasteiger partial charge in [-0.15, -0.1) is 0 Å². The summed E-state index contributed by atoms with van der Waals surface area (Å²) in [6.07, 6.45) is 0. The van der Waals surface area contributed by atoms with Crippen molar-refractivity contribution < 1.29 is 4.42 Å². The molecule has 2 heterocycles. The Labute approximate surface area is 95.4 Å². The van der Waals surface area contributed by atoms with Gasteiger partial charge in [0.25, 0.3) is 0 Å². The van der Waals surface area contributed by atoms with Crippen LogP contribution in [0, 0.1) is 5.41 Å². The third-order valence-electron chi connectivity index (χ3n) is 2.65. The van der Waals surface area contributed by atoms with Crippen molar-refractivity contribution in [1.29, 1.82) is 0 Å². The molecule has 1 aliphatic rings. The highest BCUT2D eigenvalue weighted by atomic mass is 35.5. The smallest absolute Gasteiger partial charge is 0.197 e. The zero-order chi connectivity index (χ0) is 10.9. The minimum atomic E-state index is 0.260. The topological polar surface area (TPSA) is 28.4 Å². The first-order valence-corrected chi connectivity index (χ1v) is 5.66. The maximum Gasteiger partial charge on any atom is 0.197 e. The Morgan fingerprint density at radius 3 is 2.93 bits per heavy atom. The molecule has 2 rings (SSSR count). The summed E-state index contributed by atoms with van der Waals surface area (Å²) in [5.74, 6) is 0.872. The van der Waals surface area contributed by atoms with Crippen molar-refractivity contribution in [3.63, 3.8) is 0 Å². The molecule has 4 heteroatoms. The number of furan rings is 1. The molecule has 0 atom stereocenters. The summed E-state index contributed by atoms with van der Waals surface area (Å²) in [6, 6.07) is 3.73. The van der Waals surface area contributed by atoms with Crippen LogP contribution in [0.3, 0.4) is 0 Å². The number of rotatable bonds is 1. The molecule has 1 fully saturated rings. The van der Waals surface area contributed by atoms with Gasteiger partial charge in [0.05, 0.1) is 0 Å². The van der Waals surface area contributed by atoms with Crippen LogP contribution in [0.4, 0.5) is 5.88 Å². The van der Waals surface area contributed by atoms with E-state index in [4.69, 9.17) is 16.0 Å². The second-order valence-corrected chi connectivity index (χ2v) is 5.21. The van der Waals surface area contributed by atoms with E-state index in [0.29, 0.717) is 5.22 Å². The van der Waals surface area contributed by atoms with E-state index in [1.54, 1.807) is 6.07 Å². The highest BCUT2D eigenvalue weighted by molar-refractivity contribution is 6.28. The van der Waals surface area contributed by atoms with Crippen LogP contribution in [0.15, 0.2) is 16.5 Å².